The van der Waals surface area contributed by atoms with Crippen molar-refractivity contribution in [2.75, 3.05) is 0 Å². The number of aromatic nitrogens is 2. The Morgan fingerprint density at radius 2 is 1.37 bits per heavy atom. The Morgan fingerprint density at radius 3 is 1.74 bits per heavy atom. The lowest BCUT2D eigenvalue weighted by molar-refractivity contribution is 0.569. The van der Waals surface area contributed by atoms with Crippen LogP contribution in [0.25, 0.3) is 11.4 Å². The molecule has 0 aliphatic carbocycles. The SMILES string of the molecule is CC(C)(C)c1cc(-c2ncc[nH]2)cc(C(C)(C)C)c1. The topological polar surface area (TPSA) is 28.7 Å². The van der Waals surface area contributed by atoms with Gasteiger partial charge in [-0.15, -0.1) is 0 Å². The molecule has 1 aromatic carbocycles. The Morgan fingerprint density at radius 1 is 0.842 bits per heavy atom. The minimum absolute atomic E-state index is 0.141. The maximum absolute atomic E-state index is 4.38. The van der Waals surface area contributed by atoms with E-state index in [2.05, 4.69) is 69.7 Å². The second kappa shape index (κ2) is 4.52. The summed E-state index contributed by atoms with van der Waals surface area (Å²) in [6.45, 7) is 13.5. The number of imidazole rings is 1. The van der Waals surface area contributed by atoms with E-state index in [1.165, 1.54) is 16.7 Å². The van der Waals surface area contributed by atoms with Crippen LogP contribution in [-0.2, 0) is 10.8 Å². The number of aromatic amines is 1. The molecule has 0 amide bonds. The molecule has 19 heavy (non-hydrogen) atoms. The van der Waals surface area contributed by atoms with E-state index in [0.29, 0.717) is 0 Å². The van der Waals surface area contributed by atoms with Crippen molar-refractivity contribution in [2.45, 2.75) is 52.4 Å². The largest absolute Gasteiger partial charge is 0.345 e. The van der Waals surface area contributed by atoms with Crippen molar-refractivity contribution in [1.82, 2.24) is 9.97 Å². The molecular weight excluding hydrogens is 232 g/mol. The van der Waals surface area contributed by atoms with Gasteiger partial charge < -0.3 is 4.98 Å². The standard InChI is InChI=1S/C17H24N2/c1-16(2,3)13-9-12(15-18-7-8-19-15)10-14(11-13)17(4,5)6/h7-11H,1-6H3,(H,18,19). The summed E-state index contributed by atoms with van der Waals surface area (Å²) in [6.07, 6.45) is 3.67. The van der Waals surface area contributed by atoms with Crippen LogP contribution in [0.4, 0.5) is 0 Å². The Balaban J connectivity index is 2.62. The third-order valence-electron chi connectivity index (χ3n) is 3.44. The second-order valence-corrected chi connectivity index (χ2v) is 7.24. The zero-order valence-electron chi connectivity index (χ0n) is 12.8. The van der Waals surface area contributed by atoms with E-state index < -0.39 is 0 Å². The first-order valence-electron chi connectivity index (χ1n) is 6.84. The Hall–Kier alpha value is -1.57. The quantitative estimate of drug-likeness (QED) is 0.789. The highest BCUT2D eigenvalue weighted by atomic mass is 14.9. The van der Waals surface area contributed by atoms with Gasteiger partial charge in [-0.05, 0) is 34.1 Å². The normalized spacial score (nSPS) is 12.7. The van der Waals surface area contributed by atoms with Crippen molar-refractivity contribution < 1.29 is 0 Å². The minimum atomic E-state index is 0.141. The lowest BCUT2D eigenvalue weighted by Crippen LogP contribution is -2.16. The molecule has 2 heteroatoms. The molecule has 1 heterocycles. The average Bonchev–Trinajstić information content (AvgIpc) is 2.79. The fourth-order valence-corrected chi connectivity index (χ4v) is 2.05. The molecule has 2 aromatic rings. The van der Waals surface area contributed by atoms with Crippen LogP contribution in [0.15, 0.2) is 30.6 Å². The molecule has 1 aromatic heterocycles. The van der Waals surface area contributed by atoms with Gasteiger partial charge in [0.15, 0.2) is 0 Å². The highest BCUT2D eigenvalue weighted by Crippen LogP contribution is 2.32. The van der Waals surface area contributed by atoms with Gasteiger partial charge in [0.25, 0.3) is 0 Å². The summed E-state index contributed by atoms with van der Waals surface area (Å²) < 4.78 is 0. The van der Waals surface area contributed by atoms with Crippen molar-refractivity contribution >= 4 is 0 Å². The van der Waals surface area contributed by atoms with Crippen LogP contribution in [-0.4, -0.2) is 9.97 Å². The molecule has 0 bridgehead atoms. The molecule has 1 N–H and O–H groups in total. The maximum atomic E-state index is 4.38. The molecular formula is C17H24N2. The zero-order chi connectivity index (χ0) is 14.3. The van der Waals surface area contributed by atoms with Gasteiger partial charge in [0.2, 0.25) is 0 Å². The third-order valence-corrected chi connectivity index (χ3v) is 3.44. The summed E-state index contributed by atoms with van der Waals surface area (Å²) in [4.78, 5) is 7.58. The maximum Gasteiger partial charge on any atom is 0.137 e. The van der Waals surface area contributed by atoms with Gasteiger partial charge in [-0.1, -0.05) is 47.6 Å². The molecule has 0 aliphatic heterocycles. The highest BCUT2D eigenvalue weighted by Gasteiger charge is 2.21. The molecule has 102 valence electrons. The fourth-order valence-electron chi connectivity index (χ4n) is 2.05. The molecule has 0 aliphatic rings. The summed E-state index contributed by atoms with van der Waals surface area (Å²) in [7, 11) is 0. The molecule has 2 rings (SSSR count). The lowest BCUT2D eigenvalue weighted by Gasteiger charge is -2.26. The van der Waals surface area contributed by atoms with Crippen molar-refractivity contribution in [1.29, 1.82) is 0 Å². The molecule has 0 saturated heterocycles. The summed E-state index contributed by atoms with van der Waals surface area (Å²) in [5.41, 5.74) is 4.16. The van der Waals surface area contributed by atoms with Gasteiger partial charge >= 0.3 is 0 Å². The summed E-state index contributed by atoms with van der Waals surface area (Å²) in [6, 6.07) is 6.81. The van der Waals surface area contributed by atoms with Crippen LogP contribution in [0.2, 0.25) is 0 Å². The van der Waals surface area contributed by atoms with Crippen molar-refractivity contribution in [3.05, 3.63) is 41.7 Å². The second-order valence-electron chi connectivity index (χ2n) is 7.24. The number of nitrogens with one attached hydrogen (secondary N) is 1. The minimum Gasteiger partial charge on any atom is -0.345 e. The highest BCUT2D eigenvalue weighted by molar-refractivity contribution is 5.59. The van der Waals surface area contributed by atoms with Crippen LogP contribution >= 0.6 is 0 Å². The van der Waals surface area contributed by atoms with E-state index >= 15 is 0 Å². The van der Waals surface area contributed by atoms with Crippen molar-refractivity contribution in [3.63, 3.8) is 0 Å². The Labute approximate surface area is 116 Å². The first-order valence-corrected chi connectivity index (χ1v) is 6.84. The molecule has 0 fully saturated rings. The molecule has 0 radical (unpaired) electrons. The van der Waals surface area contributed by atoms with E-state index in [-0.39, 0.29) is 10.8 Å². The van der Waals surface area contributed by atoms with E-state index in [9.17, 15) is 0 Å². The van der Waals surface area contributed by atoms with Crippen LogP contribution in [0.3, 0.4) is 0 Å². The predicted octanol–water partition coefficient (Wildman–Crippen LogP) is 4.67. The smallest absolute Gasteiger partial charge is 0.137 e. The summed E-state index contributed by atoms with van der Waals surface area (Å²) in [5.74, 6) is 0.941. The fraction of sp³-hybridized carbons (Fsp3) is 0.471. The Kier molecular flexibility index (Phi) is 3.29. The first-order chi connectivity index (χ1) is 8.68. The van der Waals surface area contributed by atoms with Crippen LogP contribution < -0.4 is 0 Å². The predicted molar refractivity (Wildman–Crippen MR) is 81.4 cm³/mol. The summed E-state index contributed by atoms with van der Waals surface area (Å²) in [5, 5.41) is 0. The first kappa shape index (κ1) is 13.9. The van der Waals surface area contributed by atoms with Crippen molar-refractivity contribution in [3.8, 4) is 11.4 Å². The molecule has 0 unspecified atom stereocenters. The van der Waals surface area contributed by atoms with Gasteiger partial charge in [0.05, 0.1) is 0 Å². The van der Waals surface area contributed by atoms with Crippen LogP contribution in [0.5, 0.6) is 0 Å². The lowest BCUT2D eigenvalue weighted by atomic mass is 9.79. The molecule has 0 spiro atoms. The number of rotatable bonds is 1. The van der Waals surface area contributed by atoms with E-state index in [1.54, 1.807) is 6.20 Å². The number of hydrogen-bond donors (Lipinski definition) is 1. The molecule has 0 atom stereocenters. The number of hydrogen-bond acceptors (Lipinski definition) is 1. The van der Waals surface area contributed by atoms with Gasteiger partial charge in [-0.2, -0.15) is 0 Å². The number of benzene rings is 1. The summed E-state index contributed by atoms with van der Waals surface area (Å²) >= 11 is 0. The van der Waals surface area contributed by atoms with Gasteiger partial charge in [-0.3, -0.25) is 0 Å². The molecule has 2 nitrogen and oxygen atoms in total. The van der Waals surface area contributed by atoms with Crippen LogP contribution in [0, 0.1) is 0 Å². The van der Waals surface area contributed by atoms with E-state index in [1.807, 2.05) is 6.20 Å². The average molecular weight is 256 g/mol. The van der Waals surface area contributed by atoms with Gasteiger partial charge in [0.1, 0.15) is 5.82 Å². The van der Waals surface area contributed by atoms with Gasteiger partial charge in [0, 0.05) is 18.0 Å². The Bertz CT molecular complexity index is 520. The van der Waals surface area contributed by atoms with E-state index in [0.717, 1.165) is 5.82 Å². The number of nitrogens with zero attached hydrogens (tertiary/aromatic N) is 1. The number of H-pyrrole nitrogens is 1. The third kappa shape index (κ3) is 3.06. The monoisotopic (exact) mass is 256 g/mol. The van der Waals surface area contributed by atoms with E-state index in [4.69, 9.17) is 0 Å². The van der Waals surface area contributed by atoms with Gasteiger partial charge in [-0.25, -0.2) is 4.98 Å². The van der Waals surface area contributed by atoms with Crippen molar-refractivity contribution in [2.24, 2.45) is 0 Å². The van der Waals surface area contributed by atoms with Crippen LogP contribution in [0.1, 0.15) is 52.7 Å². The molecule has 0 saturated carbocycles. The zero-order valence-corrected chi connectivity index (χ0v) is 12.8.